The number of hydrogen-bond donors (Lipinski definition) is 2. The molecule has 0 saturated carbocycles. The Morgan fingerprint density at radius 1 is 1.32 bits per heavy atom. The molecule has 4 rings (SSSR count). The molecular weight excluding hydrogens is 382 g/mol. The van der Waals surface area contributed by atoms with Crippen molar-refractivity contribution in [2.24, 2.45) is 0 Å². The number of ether oxygens (including phenoxy) is 2. The second-order valence-corrected chi connectivity index (χ2v) is 6.89. The third-order valence-electron chi connectivity index (χ3n) is 4.50. The van der Waals surface area contributed by atoms with Gasteiger partial charge in [-0.1, -0.05) is 17.7 Å². The van der Waals surface area contributed by atoms with Crippen LogP contribution in [-0.4, -0.2) is 57.5 Å². The molecule has 1 aromatic carbocycles. The molecule has 3 aromatic rings. The molecule has 0 unspecified atom stereocenters. The van der Waals surface area contributed by atoms with E-state index in [1.165, 1.54) is 0 Å². The molecule has 0 spiro atoms. The molecule has 9 heteroatoms. The minimum absolute atomic E-state index is 0.0866. The molecule has 146 valence electrons. The number of rotatable bonds is 6. The van der Waals surface area contributed by atoms with Crippen molar-refractivity contribution in [2.75, 3.05) is 26.3 Å². The molecule has 1 atom stereocenters. The largest absolute Gasteiger partial charge is 0.493 e. The SMILES string of the molecule is O=C(c1ccn[nH]1)N1CCO[C@H](c2cc(CCOc3cccc(Cl)c3)[nH]n2)C1. The molecular formula is C19H20ClN5O3. The summed E-state index contributed by atoms with van der Waals surface area (Å²) >= 11 is 5.95. The predicted molar refractivity (Wildman–Crippen MR) is 102 cm³/mol. The Morgan fingerprint density at radius 3 is 3.07 bits per heavy atom. The maximum absolute atomic E-state index is 12.5. The minimum Gasteiger partial charge on any atom is -0.493 e. The summed E-state index contributed by atoms with van der Waals surface area (Å²) in [5.41, 5.74) is 2.19. The summed E-state index contributed by atoms with van der Waals surface area (Å²) in [4.78, 5) is 14.2. The molecule has 1 saturated heterocycles. The summed E-state index contributed by atoms with van der Waals surface area (Å²) in [6.45, 7) is 1.95. The number of nitrogens with zero attached hydrogens (tertiary/aromatic N) is 3. The summed E-state index contributed by atoms with van der Waals surface area (Å²) in [5.74, 6) is 0.646. The molecule has 8 nitrogen and oxygen atoms in total. The van der Waals surface area contributed by atoms with Crippen LogP contribution in [0.15, 0.2) is 42.6 Å². The smallest absolute Gasteiger partial charge is 0.272 e. The van der Waals surface area contributed by atoms with Gasteiger partial charge < -0.3 is 14.4 Å². The molecule has 2 aromatic heterocycles. The minimum atomic E-state index is -0.264. The number of aromatic amines is 2. The third kappa shape index (κ3) is 4.35. The van der Waals surface area contributed by atoms with Gasteiger partial charge in [0, 0.05) is 29.9 Å². The van der Waals surface area contributed by atoms with Crippen molar-refractivity contribution in [3.63, 3.8) is 0 Å². The van der Waals surface area contributed by atoms with E-state index < -0.39 is 0 Å². The third-order valence-corrected chi connectivity index (χ3v) is 4.74. The van der Waals surface area contributed by atoms with E-state index in [9.17, 15) is 4.79 Å². The van der Waals surface area contributed by atoms with Crippen molar-refractivity contribution < 1.29 is 14.3 Å². The van der Waals surface area contributed by atoms with Gasteiger partial charge in [-0.25, -0.2) is 0 Å². The van der Waals surface area contributed by atoms with Gasteiger partial charge in [0.25, 0.3) is 5.91 Å². The Morgan fingerprint density at radius 2 is 2.25 bits per heavy atom. The van der Waals surface area contributed by atoms with E-state index in [1.807, 2.05) is 18.2 Å². The fraction of sp³-hybridized carbons (Fsp3) is 0.316. The Balaban J connectivity index is 1.32. The average molecular weight is 402 g/mol. The van der Waals surface area contributed by atoms with Crippen LogP contribution in [0, 0.1) is 0 Å². The Bertz CT molecular complexity index is 927. The lowest BCUT2D eigenvalue weighted by Gasteiger charge is -2.31. The number of benzene rings is 1. The van der Waals surface area contributed by atoms with Gasteiger partial charge in [-0.15, -0.1) is 0 Å². The summed E-state index contributed by atoms with van der Waals surface area (Å²) in [5, 5.41) is 14.6. The van der Waals surface area contributed by atoms with Gasteiger partial charge in [-0.05, 0) is 30.3 Å². The quantitative estimate of drug-likeness (QED) is 0.661. The van der Waals surface area contributed by atoms with Crippen LogP contribution >= 0.6 is 11.6 Å². The van der Waals surface area contributed by atoms with Crippen LogP contribution in [0.1, 0.15) is 28.0 Å². The summed E-state index contributed by atoms with van der Waals surface area (Å²) < 4.78 is 11.5. The fourth-order valence-corrected chi connectivity index (χ4v) is 3.25. The van der Waals surface area contributed by atoms with Gasteiger partial charge >= 0.3 is 0 Å². The highest BCUT2D eigenvalue weighted by atomic mass is 35.5. The second kappa shape index (κ2) is 8.45. The topological polar surface area (TPSA) is 96.1 Å². The lowest BCUT2D eigenvalue weighted by molar-refractivity contribution is -0.0249. The number of aromatic nitrogens is 4. The number of carbonyl (C=O) groups excluding carboxylic acids is 1. The summed E-state index contributed by atoms with van der Waals surface area (Å²) in [6, 6.07) is 10.9. The highest BCUT2D eigenvalue weighted by Crippen LogP contribution is 2.22. The van der Waals surface area contributed by atoms with E-state index in [0.717, 1.165) is 17.1 Å². The van der Waals surface area contributed by atoms with Gasteiger partial charge in [-0.3, -0.25) is 15.0 Å². The standard InChI is InChI=1S/C19H20ClN5O3/c20-13-2-1-3-15(10-13)27-8-5-14-11-17(24-22-14)18-12-25(7-9-28-18)19(26)16-4-6-21-23-16/h1-4,6,10-11,18H,5,7-9,12H2,(H,21,23)(H,22,24)/t18-/m0/s1. The van der Waals surface area contributed by atoms with Crippen LogP contribution < -0.4 is 4.74 Å². The zero-order valence-corrected chi connectivity index (χ0v) is 15.9. The first kappa shape index (κ1) is 18.5. The van der Waals surface area contributed by atoms with Crippen LogP contribution in [0.4, 0.5) is 0 Å². The number of amides is 1. The van der Waals surface area contributed by atoms with Crippen molar-refractivity contribution in [3.05, 3.63) is 64.7 Å². The van der Waals surface area contributed by atoms with Crippen molar-refractivity contribution in [1.82, 2.24) is 25.3 Å². The Labute approximate surface area is 166 Å². The number of carbonyl (C=O) groups is 1. The molecule has 3 heterocycles. The first-order chi connectivity index (χ1) is 13.7. The summed E-state index contributed by atoms with van der Waals surface area (Å²) in [7, 11) is 0. The number of halogens is 1. The van der Waals surface area contributed by atoms with Crippen molar-refractivity contribution >= 4 is 17.5 Å². The number of H-pyrrole nitrogens is 2. The highest BCUT2D eigenvalue weighted by molar-refractivity contribution is 6.30. The molecule has 0 radical (unpaired) electrons. The van der Waals surface area contributed by atoms with E-state index >= 15 is 0 Å². The molecule has 1 aliphatic heterocycles. The van der Waals surface area contributed by atoms with Crippen LogP contribution in [0.5, 0.6) is 5.75 Å². The zero-order valence-electron chi connectivity index (χ0n) is 15.1. The summed E-state index contributed by atoms with van der Waals surface area (Å²) in [6.07, 6.45) is 1.97. The van der Waals surface area contributed by atoms with E-state index in [-0.39, 0.29) is 12.0 Å². The maximum atomic E-state index is 12.5. The van der Waals surface area contributed by atoms with Crippen molar-refractivity contribution in [3.8, 4) is 5.75 Å². The lowest BCUT2D eigenvalue weighted by Crippen LogP contribution is -2.42. The molecule has 1 amide bonds. The molecule has 1 aliphatic rings. The van der Waals surface area contributed by atoms with Gasteiger partial charge in [0.2, 0.25) is 0 Å². The normalized spacial score (nSPS) is 16.9. The van der Waals surface area contributed by atoms with Crippen LogP contribution in [0.3, 0.4) is 0 Å². The first-order valence-corrected chi connectivity index (χ1v) is 9.39. The van der Waals surface area contributed by atoms with Crippen LogP contribution in [0.2, 0.25) is 5.02 Å². The second-order valence-electron chi connectivity index (χ2n) is 6.45. The van der Waals surface area contributed by atoms with Gasteiger partial charge in [0.1, 0.15) is 17.5 Å². The molecule has 0 bridgehead atoms. The van der Waals surface area contributed by atoms with E-state index in [0.29, 0.717) is 43.4 Å². The number of nitrogens with one attached hydrogen (secondary N) is 2. The highest BCUT2D eigenvalue weighted by Gasteiger charge is 2.28. The van der Waals surface area contributed by atoms with E-state index in [1.54, 1.807) is 29.3 Å². The maximum Gasteiger partial charge on any atom is 0.272 e. The van der Waals surface area contributed by atoms with Crippen LogP contribution in [-0.2, 0) is 11.2 Å². The number of morpholine rings is 1. The van der Waals surface area contributed by atoms with Gasteiger partial charge in [0.05, 0.1) is 25.5 Å². The van der Waals surface area contributed by atoms with Gasteiger partial charge in [-0.2, -0.15) is 10.2 Å². The molecule has 2 N–H and O–H groups in total. The zero-order chi connectivity index (χ0) is 19.3. The molecule has 1 fully saturated rings. The van der Waals surface area contributed by atoms with Crippen molar-refractivity contribution in [2.45, 2.75) is 12.5 Å². The predicted octanol–water partition coefficient (Wildman–Crippen LogP) is 2.62. The lowest BCUT2D eigenvalue weighted by atomic mass is 10.1. The van der Waals surface area contributed by atoms with Gasteiger partial charge in [0.15, 0.2) is 0 Å². The fourth-order valence-electron chi connectivity index (χ4n) is 3.07. The first-order valence-electron chi connectivity index (χ1n) is 9.02. The Kier molecular flexibility index (Phi) is 5.59. The Hall–Kier alpha value is -2.84. The monoisotopic (exact) mass is 401 g/mol. The average Bonchev–Trinajstić information content (AvgIpc) is 3.40. The van der Waals surface area contributed by atoms with E-state index in [4.69, 9.17) is 21.1 Å². The molecule has 0 aliphatic carbocycles. The van der Waals surface area contributed by atoms with E-state index in [2.05, 4.69) is 20.4 Å². The van der Waals surface area contributed by atoms with Crippen LogP contribution in [0.25, 0.3) is 0 Å². The van der Waals surface area contributed by atoms with Crippen molar-refractivity contribution in [1.29, 1.82) is 0 Å². The number of hydrogen-bond acceptors (Lipinski definition) is 5. The molecule has 28 heavy (non-hydrogen) atoms.